The molecule has 0 unspecified atom stereocenters. The van der Waals surface area contributed by atoms with Gasteiger partial charge in [0.2, 0.25) is 5.89 Å². The standard InChI is InChI=1S/C29H33BrN4O4/c1-6-36-28(35)29(3,4)38-24-12-10-21(11-13-24)17-34(19-26-31-14-15-33(26)5)18-25-20(2)37-27(32-25)22-8-7-9-23(30)16-22/h7-16H,6,17-19H2,1-5H3. The van der Waals surface area contributed by atoms with Gasteiger partial charge in [-0.3, -0.25) is 4.90 Å². The Labute approximate surface area is 231 Å². The van der Waals surface area contributed by atoms with Crippen LogP contribution >= 0.6 is 15.9 Å². The number of carbonyl (C=O) groups is 1. The van der Waals surface area contributed by atoms with Gasteiger partial charge in [0.25, 0.3) is 0 Å². The fourth-order valence-electron chi connectivity index (χ4n) is 4.01. The van der Waals surface area contributed by atoms with Gasteiger partial charge in [-0.1, -0.05) is 34.1 Å². The second-order valence-corrected chi connectivity index (χ2v) is 10.5. The maximum Gasteiger partial charge on any atom is 0.349 e. The van der Waals surface area contributed by atoms with Gasteiger partial charge in [-0.25, -0.2) is 14.8 Å². The summed E-state index contributed by atoms with van der Waals surface area (Å²) in [6, 6.07) is 15.7. The van der Waals surface area contributed by atoms with E-state index in [1.165, 1.54) is 0 Å². The van der Waals surface area contributed by atoms with E-state index in [0.29, 0.717) is 37.9 Å². The van der Waals surface area contributed by atoms with Crippen LogP contribution in [0.4, 0.5) is 0 Å². The van der Waals surface area contributed by atoms with E-state index in [9.17, 15) is 4.79 Å². The van der Waals surface area contributed by atoms with Crippen molar-refractivity contribution >= 4 is 21.9 Å². The number of rotatable bonds is 11. The lowest BCUT2D eigenvalue weighted by Gasteiger charge is -2.24. The summed E-state index contributed by atoms with van der Waals surface area (Å²) in [6.45, 7) is 9.33. The highest BCUT2D eigenvalue weighted by Crippen LogP contribution is 2.26. The third-order valence-electron chi connectivity index (χ3n) is 6.09. The second-order valence-electron chi connectivity index (χ2n) is 9.61. The van der Waals surface area contributed by atoms with Crippen molar-refractivity contribution in [3.63, 3.8) is 0 Å². The average Bonchev–Trinajstić information content (AvgIpc) is 3.45. The maximum atomic E-state index is 12.2. The molecule has 0 bridgehead atoms. The van der Waals surface area contributed by atoms with Crippen LogP contribution in [0.15, 0.2) is 69.8 Å². The largest absolute Gasteiger partial charge is 0.476 e. The van der Waals surface area contributed by atoms with Crippen molar-refractivity contribution in [1.29, 1.82) is 0 Å². The van der Waals surface area contributed by atoms with Crippen LogP contribution in [0.25, 0.3) is 11.5 Å². The number of nitrogens with zero attached hydrogens (tertiary/aromatic N) is 4. The van der Waals surface area contributed by atoms with E-state index in [1.54, 1.807) is 27.0 Å². The van der Waals surface area contributed by atoms with Crippen LogP contribution in [0.1, 0.15) is 43.6 Å². The second kappa shape index (κ2) is 12.0. The smallest absolute Gasteiger partial charge is 0.349 e. The number of esters is 1. The number of hydrogen-bond donors (Lipinski definition) is 0. The molecule has 38 heavy (non-hydrogen) atoms. The van der Waals surface area contributed by atoms with E-state index >= 15 is 0 Å². The molecule has 0 amide bonds. The van der Waals surface area contributed by atoms with Crippen LogP contribution < -0.4 is 4.74 Å². The quantitative estimate of drug-likeness (QED) is 0.199. The minimum atomic E-state index is -1.07. The number of ether oxygens (including phenoxy) is 2. The molecule has 0 saturated heterocycles. The van der Waals surface area contributed by atoms with E-state index in [-0.39, 0.29) is 0 Å². The van der Waals surface area contributed by atoms with Crippen molar-refractivity contribution in [3.8, 4) is 17.2 Å². The first-order valence-corrected chi connectivity index (χ1v) is 13.3. The predicted molar refractivity (Wildman–Crippen MR) is 148 cm³/mol. The van der Waals surface area contributed by atoms with Gasteiger partial charge in [-0.2, -0.15) is 0 Å². The minimum absolute atomic E-state index is 0.311. The van der Waals surface area contributed by atoms with E-state index in [1.807, 2.05) is 73.3 Å². The van der Waals surface area contributed by atoms with Crippen molar-refractivity contribution < 1.29 is 18.7 Å². The van der Waals surface area contributed by atoms with Gasteiger partial charge >= 0.3 is 5.97 Å². The molecule has 2 aromatic carbocycles. The van der Waals surface area contributed by atoms with E-state index in [2.05, 4.69) is 25.8 Å². The van der Waals surface area contributed by atoms with Gasteiger partial charge in [-0.05, 0) is 63.6 Å². The zero-order valence-corrected chi connectivity index (χ0v) is 24.0. The average molecular weight is 582 g/mol. The van der Waals surface area contributed by atoms with Crippen LogP contribution in [0.5, 0.6) is 5.75 Å². The van der Waals surface area contributed by atoms with E-state index in [0.717, 1.165) is 32.9 Å². The summed E-state index contributed by atoms with van der Waals surface area (Å²) < 4.78 is 20.1. The number of oxazole rings is 1. The van der Waals surface area contributed by atoms with E-state index in [4.69, 9.17) is 18.9 Å². The fraction of sp³-hybridized carbons (Fsp3) is 0.345. The van der Waals surface area contributed by atoms with Gasteiger partial charge in [0.1, 0.15) is 17.3 Å². The molecule has 0 aliphatic heterocycles. The molecule has 200 valence electrons. The summed E-state index contributed by atoms with van der Waals surface area (Å²) in [7, 11) is 1.99. The van der Waals surface area contributed by atoms with E-state index < -0.39 is 11.6 Å². The Bertz CT molecular complexity index is 1380. The molecule has 4 aromatic rings. The number of halogens is 1. The van der Waals surface area contributed by atoms with Crippen molar-refractivity contribution in [3.05, 3.63) is 88.2 Å². The molecule has 0 aliphatic rings. The Morgan fingerprint density at radius 1 is 1.13 bits per heavy atom. The lowest BCUT2D eigenvalue weighted by atomic mass is 10.1. The summed E-state index contributed by atoms with van der Waals surface area (Å²) in [5, 5.41) is 0. The Morgan fingerprint density at radius 3 is 2.55 bits per heavy atom. The molecule has 0 fully saturated rings. The van der Waals surface area contributed by atoms with Crippen molar-refractivity contribution in [2.45, 2.75) is 52.9 Å². The first kappa shape index (κ1) is 27.6. The van der Waals surface area contributed by atoms with Crippen LogP contribution in [0.3, 0.4) is 0 Å². The van der Waals surface area contributed by atoms with Crippen molar-refractivity contribution in [1.82, 2.24) is 19.4 Å². The molecular weight excluding hydrogens is 548 g/mol. The third-order valence-corrected chi connectivity index (χ3v) is 6.59. The summed E-state index contributed by atoms with van der Waals surface area (Å²) in [6.07, 6.45) is 3.75. The van der Waals surface area contributed by atoms with Crippen molar-refractivity contribution in [2.24, 2.45) is 7.05 Å². The molecule has 0 saturated carbocycles. The highest BCUT2D eigenvalue weighted by Gasteiger charge is 2.31. The highest BCUT2D eigenvalue weighted by molar-refractivity contribution is 9.10. The molecule has 0 radical (unpaired) electrons. The highest BCUT2D eigenvalue weighted by atomic mass is 79.9. The zero-order valence-electron chi connectivity index (χ0n) is 22.4. The number of aromatic nitrogens is 3. The van der Waals surface area contributed by atoms with Gasteiger partial charge in [0, 0.05) is 42.6 Å². The number of hydrogen-bond acceptors (Lipinski definition) is 7. The molecule has 0 atom stereocenters. The number of aryl methyl sites for hydroxylation is 2. The normalized spacial score (nSPS) is 11.7. The first-order chi connectivity index (χ1) is 18.1. The van der Waals surface area contributed by atoms with Crippen LogP contribution in [0.2, 0.25) is 0 Å². The first-order valence-electron chi connectivity index (χ1n) is 12.5. The lowest BCUT2D eigenvalue weighted by Crippen LogP contribution is -2.39. The number of benzene rings is 2. The van der Waals surface area contributed by atoms with Crippen molar-refractivity contribution in [2.75, 3.05) is 6.61 Å². The molecule has 0 aliphatic carbocycles. The van der Waals surface area contributed by atoms with Gasteiger partial charge in [-0.15, -0.1) is 0 Å². The molecule has 4 rings (SSSR count). The molecule has 9 heteroatoms. The SMILES string of the molecule is CCOC(=O)C(C)(C)Oc1ccc(CN(Cc2nc(-c3cccc(Br)c3)oc2C)Cc2nccn2C)cc1. The van der Waals surface area contributed by atoms with Crippen LogP contribution in [-0.2, 0) is 36.2 Å². The predicted octanol–water partition coefficient (Wildman–Crippen LogP) is 6.07. The molecule has 8 nitrogen and oxygen atoms in total. The summed E-state index contributed by atoms with van der Waals surface area (Å²) in [5.41, 5.74) is 1.82. The Balaban J connectivity index is 1.52. The van der Waals surface area contributed by atoms with Gasteiger partial charge in [0.05, 0.1) is 18.8 Å². The Kier molecular flexibility index (Phi) is 8.69. The number of carbonyl (C=O) groups excluding carboxylic acids is 1. The molecule has 0 spiro atoms. The van der Waals surface area contributed by atoms with Crippen LogP contribution in [0, 0.1) is 6.92 Å². The third kappa shape index (κ3) is 6.90. The summed E-state index contributed by atoms with van der Waals surface area (Å²) in [5.74, 6) is 2.55. The molecule has 2 heterocycles. The minimum Gasteiger partial charge on any atom is -0.476 e. The lowest BCUT2D eigenvalue weighted by molar-refractivity contribution is -0.158. The fourth-order valence-corrected chi connectivity index (χ4v) is 4.41. The monoisotopic (exact) mass is 580 g/mol. The van der Waals surface area contributed by atoms with Crippen LogP contribution in [-0.4, -0.2) is 37.6 Å². The summed E-state index contributed by atoms with van der Waals surface area (Å²) >= 11 is 3.52. The molecule has 0 N–H and O–H groups in total. The summed E-state index contributed by atoms with van der Waals surface area (Å²) in [4.78, 5) is 23.8. The molecular formula is C29H33BrN4O4. The van der Waals surface area contributed by atoms with Gasteiger partial charge in [0.15, 0.2) is 5.60 Å². The van der Waals surface area contributed by atoms with Gasteiger partial charge < -0.3 is 18.5 Å². The topological polar surface area (TPSA) is 82.6 Å². The Hall–Kier alpha value is -3.43. The Morgan fingerprint density at radius 2 is 1.89 bits per heavy atom. The maximum absolute atomic E-state index is 12.2. The molecule has 2 aromatic heterocycles. The number of imidazole rings is 1. The zero-order chi connectivity index (χ0) is 27.3.